The third-order valence-electron chi connectivity index (χ3n) is 6.91. The van der Waals surface area contributed by atoms with Crippen LogP contribution in [0.25, 0.3) is 11.1 Å². The predicted octanol–water partition coefficient (Wildman–Crippen LogP) is 7.19. The van der Waals surface area contributed by atoms with Crippen LogP contribution in [0.1, 0.15) is 68.6 Å². The van der Waals surface area contributed by atoms with E-state index in [4.69, 9.17) is 4.74 Å². The lowest BCUT2D eigenvalue weighted by atomic mass is 9.78. The molecule has 1 aliphatic rings. The molecular weight excluding hydrogens is 469 g/mol. The zero-order chi connectivity index (χ0) is 25.8. The third-order valence-corrected chi connectivity index (χ3v) is 6.91. The summed E-state index contributed by atoms with van der Waals surface area (Å²) in [4.78, 5) is 12.7. The molecule has 7 heteroatoms. The fourth-order valence-electron chi connectivity index (χ4n) is 4.84. The maximum atomic E-state index is 14.9. The van der Waals surface area contributed by atoms with E-state index < -0.39 is 41.2 Å². The summed E-state index contributed by atoms with van der Waals surface area (Å²) in [7, 11) is 0. The molecule has 0 bridgehead atoms. The van der Waals surface area contributed by atoms with Crippen molar-refractivity contribution < 1.29 is 32.9 Å². The van der Waals surface area contributed by atoms with Crippen molar-refractivity contribution in [2.24, 2.45) is 5.92 Å². The molecule has 0 radical (unpaired) electrons. The summed E-state index contributed by atoms with van der Waals surface area (Å²) < 4.78 is 49.0. The number of aromatic hydroxyl groups is 1. The number of phenols is 1. The minimum atomic E-state index is -1.24. The molecule has 0 aromatic heterocycles. The summed E-state index contributed by atoms with van der Waals surface area (Å²) in [5.41, 5.74) is 1.67. The Morgan fingerprint density at radius 2 is 1.67 bits per heavy atom. The van der Waals surface area contributed by atoms with E-state index in [-0.39, 0.29) is 17.2 Å². The molecule has 1 unspecified atom stereocenters. The molecule has 0 amide bonds. The number of halogens is 3. The van der Waals surface area contributed by atoms with Gasteiger partial charge in [-0.15, -0.1) is 0 Å². The van der Waals surface area contributed by atoms with Crippen molar-refractivity contribution in [1.29, 1.82) is 0 Å². The SMILES string of the molecule is CCCC(O)c1ccc(-c2ccc(OC(=O)C3CCC(c4ccc(O)cc4F)CC3)c(F)c2F)cc1. The van der Waals surface area contributed by atoms with Gasteiger partial charge in [-0.05, 0) is 72.9 Å². The van der Waals surface area contributed by atoms with Crippen LogP contribution in [-0.2, 0) is 4.79 Å². The van der Waals surface area contributed by atoms with Crippen LogP contribution in [0.2, 0.25) is 0 Å². The number of phenolic OH excluding ortho intramolecular Hbond substituents is 1. The van der Waals surface area contributed by atoms with Gasteiger partial charge in [0.15, 0.2) is 11.6 Å². The first-order valence-electron chi connectivity index (χ1n) is 12.2. The Hall–Kier alpha value is -3.32. The van der Waals surface area contributed by atoms with Crippen molar-refractivity contribution in [3.8, 4) is 22.6 Å². The molecule has 3 aromatic carbocycles. The van der Waals surface area contributed by atoms with Crippen LogP contribution in [0, 0.1) is 23.4 Å². The Labute approximate surface area is 208 Å². The van der Waals surface area contributed by atoms with Crippen LogP contribution in [-0.4, -0.2) is 16.2 Å². The highest BCUT2D eigenvalue weighted by molar-refractivity contribution is 5.76. The molecule has 1 fully saturated rings. The van der Waals surface area contributed by atoms with E-state index in [9.17, 15) is 28.2 Å². The first-order chi connectivity index (χ1) is 17.3. The van der Waals surface area contributed by atoms with E-state index in [0.29, 0.717) is 48.8 Å². The Kier molecular flexibility index (Phi) is 7.99. The number of carbonyl (C=O) groups is 1. The molecule has 190 valence electrons. The number of benzene rings is 3. The van der Waals surface area contributed by atoms with E-state index in [1.165, 1.54) is 18.2 Å². The number of esters is 1. The van der Waals surface area contributed by atoms with Crippen LogP contribution in [0.5, 0.6) is 11.5 Å². The number of hydrogen-bond donors (Lipinski definition) is 2. The number of carbonyl (C=O) groups excluding carboxylic acids is 1. The second kappa shape index (κ2) is 11.2. The molecule has 1 saturated carbocycles. The first-order valence-corrected chi connectivity index (χ1v) is 12.2. The topological polar surface area (TPSA) is 66.8 Å². The molecule has 2 N–H and O–H groups in total. The van der Waals surface area contributed by atoms with Crippen molar-refractivity contribution in [3.63, 3.8) is 0 Å². The highest BCUT2D eigenvalue weighted by Crippen LogP contribution is 2.38. The van der Waals surface area contributed by atoms with Gasteiger partial charge in [-0.1, -0.05) is 43.7 Å². The standard InChI is InChI=1S/C29H29F3O4/c1-2-3-25(34)19-8-4-18(5-9-19)23-14-15-26(28(32)27(23)31)36-29(35)20-10-6-17(7-11-20)22-13-12-21(33)16-24(22)30/h4-5,8-9,12-17,20,25,33-34H,2-3,6-7,10-11H2,1H3. The van der Waals surface area contributed by atoms with Gasteiger partial charge in [-0.25, -0.2) is 8.78 Å². The van der Waals surface area contributed by atoms with Crippen LogP contribution in [0.3, 0.4) is 0 Å². The molecule has 0 saturated heterocycles. The Morgan fingerprint density at radius 1 is 0.972 bits per heavy atom. The van der Waals surface area contributed by atoms with Crippen molar-refractivity contribution in [3.05, 3.63) is 83.2 Å². The van der Waals surface area contributed by atoms with Gasteiger partial charge in [0, 0.05) is 11.6 Å². The lowest BCUT2D eigenvalue weighted by Crippen LogP contribution is -2.25. The van der Waals surface area contributed by atoms with Crippen LogP contribution in [0.4, 0.5) is 13.2 Å². The summed E-state index contributed by atoms with van der Waals surface area (Å²) in [5, 5.41) is 19.5. The molecule has 4 rings (SSSR count). The summed E-state index contributed by atoms with van der Waals surface area (Å²) in [6, 6.07) is 13.3. The van der Waals surface area contributed by atoms with Gasteiger partial charge >= 0.3 is 5.97 Å². The highest BCUT2D eigenvalue weighted by Gasteiger charge is 2.30. The van der Waals surface area contributed by atoms with E-state index in [0.717, 1.165) is 12.5 Å². The monoisotopic (exact) mass is 498 g/mol. The molecule has 0 spiro atoms. The normalized spacial score (nSPS) is 18.6. The smallest absolute Gasteiger partial charge is 0.314 e. The lowest BCUT2D eigenvalue weighted by molar-refractivity contribution is -0.140. The molecule has 3 aromatic rings. The van der Waals surface area contributed by atoms with Gasteiger partial charge in [0.25, 0.3) is 0 Å². The maximum absolute atomic E-state index is 14.9. The Balaban J connectivity index is 1.40. The minimum Gasteiger partial charge on any atom is -0.508 e. The van der Waals surface area contributed by atoms with E-state index in [2.05, 4.69) is 0 Å². The second-order valence-electron chi connectivity index (χ2n) is 9.34. The molecule has 0 heterocycles. The van der Waals surface area contributed by atoms with Crippen molar-refractivity contribution in [2.75, 3.05) is 0 Å². The van der Waals surface area contributed by atoms with Gasteiger partial charge in [0.05, 0.1) is 12.0 Å². The Bertz CT molecular complexity index is 1220. The minimum absolute atomic E-state index is 0.0280. The molecule has 4 nitrogen and oxygen atoms in total. The maximum Gasteiger partial charge on any atom is 0.314 e. The molecule has 36 heavy (non-hydrogen) atoms. The van der Waals surface area contributed by atoms with Crippen LogP contribution >= 0.6 is 0 Å². The number of aliphatic hydroxyl groups is 1. The van der Waals surface area contributed by atoms with Crippen molar-refractivity contribution in [2.45, 2.75) is 57.5 Å². The first kappa shape index (κ1) is 25.8. The summed E-state index contributed by atoms with van der Waals surface area (Å²) in [6.07, 6.45) is 2.77. The zero-order valence-electron chi connectivity index (χ0n) is 20.0. The average molecular weight is 499 g/mol. The highest BCUT2D eigenvalue weighted by atomic mass is 19.2. The lowest BCUT2D eigenvalue weighted by Gasteiger charge is -2.27. The number of rotatable bonds is 7. The van der Waals surface area contributed by atoms with Gasteiger partial charge in [-0.2, -0.15) is 4.39 Å². The Morgan fingerprint density at radius 3 is 2.31 bits per heavy atom. The van der Waals surface area contributed by atoms with Crippen LogP contribution < -0.4 is 4.74 Å². The quantitative estimate of drug-likeness (QED) is 0.267. The van der Waals surface area contributed by atoms with Gasteiger partial charge in [0.1, 0.15) is 11.6 Å². The van der Waals surface area contributed by atoms with Crippen molar-refractivity contribution in [1.82, 2.24) is 0 Å². The molecule has 0 aliphatic heterocycles. The van der Waals surface area contributed by atoms with Gasteiger partial charge in [0.2, 0.25) is 5.82 Å². The molecule has 1 atom stereocenters. The molecule has 1 aliphatic carbocycles. The summed E-state index contributed by atoms with van der Waals surface area (Å²) in [6.45, 7) is 1.97. The largest absolute Gasteiger partial charge is 0.508 e. The van der Waals surface area contributed by atoms with E-state index in [1.54, 1.807) is 30.3 Å². The number of ether oxygens (including phenoxy) is 1. The van der Waals surface area contributed by atoms with E-state index >= 15 is 0 Å². The second-order valence-corrected chi connectivity index (χ2v) is 9.34. The third kappa shape index (κ3) is 5.57. The number of aliphatic hydroxyl groups excluding tert-OH is 1. The molecular formula is C29H29F3O4. The average Bonchev–Trinajstić information content (AvgIpc) is 2.87. The predicted molar refractivity (Wildman–Crippen MR) is 130 cm³/mol. The van der Waals surface area contributed by atoms with Crippen LogP contribution in [0.15, 0.2) is 54.6 Å². The fourth-order valence-corrected chi connectivity index (χ4v) is 4.84. The summed E-state index contributed by atoms with van der Waals surface area (Å²) >= 11 is 0. The van der Waals surface area contributed by atoms with Crippen molar-refractivity contribution >= 4 is 5.97 Å². The fraction of sp³-hybridized carbons (Fsp3) is 0.345. The number of hydrogen-bond acceptors (Lipinski definition) is 4. The zero-order valence-corrected chi connectivity index (χ0v) is 20.0. The summed E-state index contributed by atoms with van der Waals surface area (Å²) in [5.74, 6) is -4.67. The van der Waals surface area contributed by atoms with E-state index in [1.807, 2.05) is 6.92 Å². The van der Waals surface area contributed by atoms with Gasteiger partial charge in [-0.3, -0.25) is 4.79 Å². The van der Waals surface area contributed by atoms with Gasteiger partial charge < -0.3 is 14.9 Å².